The van der Waals surface area contributed by atoms with Crippen LogP contribution in [0.3, 0.4) is 0 Å². The Kier molecular flexibility index (Phi) is 6.17. The number of rotatable bonds is 5. The van der Waals surface area contributed by atoms with E-state index in [1.54, 1.807) is 17.0 Å². The van der Waals surface area contributed by atoms with E-state index in [1.165, 1.54) is 12.1 Å². The lowest BCUT2D eigenvalue weighted by atomic mass is 9.94. The zero-order chi connectivity index (χ0) is 18.7. The van der Waals surface area contributed by atoms with E-state index < -0.39 is 11.4 Å². The number of carbonyl (C=O) groups excluding carboxylic acids is 1. The number of amides is 1. The summed E-state index contributed by atoms with van der Waals surface area (Å²) in [6, 6.07) is 6.47. The number of likely N-dealkylation sites (N-methyl/N-ethyl adjacent to an activating group) is 1. The van der Waals surface area contributed by atoms with E-state index in [4.69, 9.17) is 5.11 Å². The number of nitrogens with zero attached hydrogens (tertiary/aromatic N) is 2. The SMILES string of the molecule is CN(CCN(C(=O)C(C)(C)C)c1ccc(C(=O)O)cc1)C(C)(C)C. The Morgan fingerprint density at radius 2 is 1.46 bits per heavy atom. The molecule has 0 saturated heterocycles. The van der Waals surface area contributed by atoms with E-state index in [9.17, 15) is 9.59 Å². The molecule has 1 amide bonds. The van der Waals surface area contributed by atoms with Gasteiger partial charge < -0.3 is 10.0 Å². The third-order valence-corrected chi connectivity index (χ3v) is 4.12. The summed E-state index contributed by atoms with van der Waals surface area (Å²) in [4.78, 5) is 27.8. The molecule has 1 aromatic rings. The molecule has 5 heteroatoms. The lowest BCUT2D eigenvalue weighted by Crippen LogP contribution is -2.47. The number of hydrogen-bond acceptors (Lipinski definition) is 3. The molecule has 0 spiro atoms. The summed E-state index contributed by atoms with van der Waals surface area (Å²) in [5.74, 6) is -0.949. The Morgan fingerprint density at radius 3 is 1.83 bits per heavy atom. The van der Waals surface area contributed by atoms with Gasteiger partial charge in [-0.3, -0.25) is 9.69 Å². The molecule has 0 heterocycles. The summed E-state index contributed by atoms with van der Waals surface area (Å²) in [6.07, 6.45) is 0. The molecule has 0 radical (unpaired) electrons. The average Bonchev–Trinajstić information content (AvgIpc) is 2.45. The van der Waals surface area contributed by atoms with Crippen molar-refractivity contribution in [3.05, 3.63) is 29.8 Å². The maximum Gasteiger partial charge on any atom is 0.335 e. The van der Waals surface area contributed by atoms with Gasteiger partial charge >= 0.3 is 5.97 Å². The molecule has 0 fully saturated rings. The van der Waals surface area contributed by atoms with Gasteiger partial charge in [-0.1, -0.05) is 20.8 Å². The molecule has 5 nitrogen and oxygen atoms in total. The van der Waals surface area contributed by atoms with Crippen molar-refractivity contribution in [3.63, 3.8) is 0 Å². The van der Waals surface area contributed by atoms with Crippen LogP contribution in [-0.2, 0) is 4.79 Å². The highest BCUT2D eigenvalue weighted by molar-refractivity contribution is 5.97. The summed E-state index contributed by atoms with van der Waals surface area (Å²) in [5, 5.41) is 9.03. The van der Waals surface area contributed by atoms with E-state index >= 15 is 0 Å². The average molecular weight is 334 g/mol. The minimum Gasteiger partial charge on any atom is -0.478 e. The molecule has 0 aliphatic heterocycles. The van der Waals surface area contributed by atoms with Crippen molar-refractivity contribution in [2.24, 2.45) is 5.41 Å². The van der Waals surface area contributed by atoms with Crippen LogP contribution in [0.2, 0.25) is 0 Å². The molecule has 0 aliphatic carbocycles. The minimum absolute atomic E-state index is 0.0175. The minimum atomic E-state index is -0.970. The van der Waals surface area contributed by atoms with Crippen LogP contribution in [0.4, 0.5) is 5.69 Å². The monoisotopic (exact) mass is 334 g/mol. The molecule has 0 saturated carbocycles. The molecule has 134 valence electrons. The van der Waals surface area contributed by atoms with Crippen LogP contribution in [0.25, 0.3) is 0 Å². The van der Waals surface area contributed by atoms with Crippen molar-refractivity contribution in [1.82, 2.24) is 4.90 Å². The van der Waals surface area contributed by atoms with Crippen molar-refractivity contribution >= 4 is 17.6 Å². The number of carbonyl (C=O) groups is 2. The number of aromatic carboxylic acids is 1. The lowest BCUT2D eigenvalue weighted by Gasteiger charge is -2.35. The van der Waals surface area contributed by atoms with Crippen LogP contribution < -0.4 is 4.90 Å². The first kappa shape index (κ1) is 20.2. The molecular formula is C19H30N2O3. The zero-order valence-electron chi connectivity index (χ0n) is 15.9. The number of hydrogen-bond donors (Lipinski definition) is 1. The Bertz CT molecular complexity index is 580. The van der Waals surface area contributed by atoms with Gasteiger partial charge in [0.15, 0.2) is 0 Å². The molecule has 0 aliphatic rings. The third kappa shape index (κ3) is 5.34. The smallest absolute Gasteiger partial charge is 0.335 e. The predicted octanol–water partition coefficient (Wildman–Crippen LogP) is 3.49. The molecule has 1 aromatic carbocycles. The van der Waals surface area contributed by atoms with Gasteiger partial charge in [0.1, 0.15) is 0 Å². The van der Waals surface area contributed by atoms with Gasteiger partial charge in [-0.05, 0) is 52.1 Å². The first-order chi connectivity index (χ1) is 10.8. The Hall–Kier alpha value is -1.88. The van der Waals surface area contributed by atoms with Gasteiger partial charge in [0.05, 0.1) is 5.56 Å². The van der Waals surface area contributed by atoms with E-state index in [2.05, 4.69) is 25.7 Å². The van der Waals surface area contributed by atoms with Crippen molar-refractivity contribution in [2.45, 2.75) is 47.1 Å². The normalized spacial score (nSPS) is 12.3. The van der Waals surface area contributed by atoms with E-state index in [0.29, 0.717) is 6.54 Å². The second-order valence-corrected chi connectivity index (χ2v) is 8.15. The van der Waals surface area contributed by atoms with Gasteiger partial charge in [-0.25, -0.2) is 4.79 Å². The van der Waals surface area contributed by atoms with Gasteiger partial charge in [0.25, 0.3) is 0 Å². The Balaban J connectivity index is 3.06. The highest BCUT2D eigenvalue weighted by Crippen LogP contribution is 2.24. The number of benzene rings is 1. The molecule has 24 heavy (non-hydrogen) atoms. The maximum atomic E-state index is 12.8. The second kappa shape index (κ2) is 7.34. The van der Waals surface area contributed by atoms with Crippen LogP contribution in [0.1, 0.15) is 51.9 Å². The lowest BCUT2D eigenvalue weighted by molar-refractivity contribution is -0.125. The summed E-state index contributed by atoms with van der Waals surface area (Å²) in [7, 11) is 2.03. The van der Waals surface area contributed by atoms with E-state index in [-0.39, 0.29) is 17.0 Å². The predicted molar refractivity (Wildman–Crippen MR) is 97.6 cm³/mol. The molecule has 0 unspecified atom stereocenters. The molecule has 0 bridgehead atoms. The van der Waals surface area contributed by atoms with Crippen molar-refractivity contribution in [3.8, 4) is 0 Å². The van der Waals surface area contributed by atoms with Gasteiger partial charge in [-0.15, -0.1) is 0 Å². The molecule has 0 aromatic heterocycles. The topological polar surface area (TPSA) is 60.9 Å². The van der Waals surface area contributed by atoms with Gasteiger partial charge in [-0.2, -0.15) is 0 Å². The zero-order valence-corrected chi connectivity index (χ0v) is 15.9. The van der Waals surface area contributed by atoms with Gasteiger partial charge in [0, 0.05) is 29.7 Å². The Morgan fingerprint density at radius 1 is 0.958 bits per heavy atom. The van der Waals surface area contributed by atoms with Crippen molar-refractivity contribution in [2.75, 3.05) is 25.0 Å². The number of anilines is 1. The quantitative estimate of drug-likeness (QED) is 0.895. The molecule has 1 N–H and O–H groups in total. The number of carboxylic acids is 1. The number of carboxylic acid groups (broad SMARTS) is 1. The summed E-state index contributed by atoms with van der Waals surface area (Å²) in [5.41, 5.74) is 0.450. The molecule has 1 rings (SSSR count). The van der Waals surface area contributed by atoms with E-state index in [1.807, 2.05) is 27.8 Å². The summed E-state index contributed by atoms with van der Waals surface area (Å²) >= 11 is 0. The first-order valence-corrected chi connectivity index (χ1v) is 8.20. The third-order valence-electron chi connectivity index (χ3n) is 4.12. The van der Waals surface area contributed by atoms with Crippen LogP contribution in [-0.4, -0.2) is 47.6 Å². The fourth-order valence-corrected chi connectivity index (χ4v) is 2.12. The molecular weight excluding hydrogens is 304 g/mol. The first-order valence-electron chi connectivity index (χ1n) is 8.20. The molecule has 0 atom stereocenters. The van der Waals surface area contributed by atoms with Crippen LogP contribution in [0.15, 0.2) is 24.3 Å². The highest BCUT2D eigenvalue weighted by atomic mass is 16.4. The van der Waals surface area contributed by atoms with Crippen LogP contribution in [0.5, 0.6) is 0 Å². The van der Waals surface area contributed by atoms with Crippen molar-refractivity contribution < 1.29 is 14.7 Å². The summed E-state index contributed by atoms with van der Waals surface area (Å²) in [6.45, 7) is 13.3. The fourth-order valence-electron chi connectivity index (χ4n) is 2.12. The largest absolute Gasteiger partial charge is 0.478 e. The fraction of sp³-hybridized carbons (Fsp3) is 0.579. The second-order valence-electron chi connectivity index (χ2n) is 8.15. The highest BCUT2D eigenvalue weighted by Gasteiger charge is 2.29. The van der Waals surface area contributed by atoms with Crippen molar-refractivity contribution in [1.29, 1.82) is 0 Å². The van der Waals surface area contributed by atoms with Crippen LogP contribution >= 0.6 is 0 Å². The van der Waals surface area contributed by atoms with E-state index in [0.717, 1.165) is 12.2 Å². The maximum absolute atomic E-state index is 12.8. The summed E-state index contributed by atoms with van der Waals surface area (Å²) < 4.78 is 0. The Labute approximate surface area is 145 Å². The standard InChI is InChI=1S/C19H30N2O3/c1-18(2,3)17(24)21(13-12-20(7)19(4,5)6)15-10-8-14(9-11-15)16(22)23/h8-11H,12-13H2,1-7H3,(H,22,23). The van der Waals surface area contributed by atoms with Crippen LogP contribution in [0, 0.1) is 5.41 Å². The van der Waals surface area contributed by atoms with Gasteiger partial charge in [0.2, 0.25) is 5.91 Å².